The summed E-state index contributed by atoms with van der Waals surface area (Å²) in [5.41, 5.74) is -0.313. The van der Waals surface area contributed by atoms with Gasteiger partial charge in [-0.1, -0.05) is 6.92 Å². The minimum absolute atomic E-state index is 0. The van der Waals surface area contributed by atoms with Crippen LogP contribution in [-0.2, 0) is 11.3 Å². The fourth-order valence-corrected chi connectivity index (χ4v) is 3.21. The van der Waals surface area contributed by atoms with Gasteiger partial charge in [0, 0.05) is 9.75 Å². The Morgan fingerprint density at radius 2 is 2.33 bits per heavy atom. The first kappa shape index (κ1) is 15.5. The van der Waals surface area contributed by atoms with Crippen molar-refractivity contribution in [1.29, 1.82) is 0 Å². The van der Waals surface area contributed by atoms with Gasteiger partial charge in [-0.2, -0.15) is 0 Å². The fraction of sp³-hybridized carbons (Fsp3) is 0.615. The Hall–Kier alpha value is -0.580. The van der Waals surface area contributed by atoms with Gasteiger partial charge in [0.15, 0.2) is 0 Å². The highest BCUT2D eigenvalue weighted by Gasteiger charge is 2.38. The molecular formula is C13H21ClN2OS. The Kier molecular flexibility index (Phi) is 5.63. The molecule has 1 amide bonds. The molecule has 2 heterocycles. The van der Waals surface area contributed by atoms with E-state index in [1.165, 1.54) is 9.75 Å². The van der Waals surface area contributed by atoms with Crippen molar-refractivity contribution in [2.24, 2.45) is 0 Å². The lowest BCUT2D eigenvalue weighted by Gasteiger charge is -2.26. The highest BCUT2D eigenvalue weighted by atomic mass is 35.5. The molecule has 1 aliphatic rings. The molecule has 5 heteroatoms. The Labute approximate surface area is 119 Å². The van der Waals surface area contributed by atoms with Gasteiger partial charge < -0.3 is 10.6 Å². The third-order valence-corrected chi connectivity index (χ3v) is 4.50. The zero-order valence-electron chi connectivity index (χ0n) is 10.9. The Morgan fingerprint density at radius 1 is 1.56 bits per heavy atom. The first-order valence-corrected chi connectivity index (χ1v) is 7.06. The predicted octanol–water partition coefficient (Wildman–Crippen LogP) is 2.63. The van der Waals surface area contributed by atoms with E-state index in [0.29, 0.717) is 6.54 Å². The standard InChI is InChI=1S/C13H20N2OS.ClH/c1-3-13(7-4-8-15-13)12(16)14-9-11-6-5-10(2)17-11;/h5-6,15H,3-4,7-9H2,1-2H3,(H,14,16);1H. The molecule has 1 atom stereocenters. The lowest BCUT2D eigenvalue weighted by Crippen LogP contribution is -2.52. The molecule has 0 saturated carbocycles. The largest absolute Gasteiger partial charge is 0.350 e. The smallest absolute Gasteiger partial charge is 0.240 e. The number of thiophene rings is 1. The van der Waals surface area contributed by atoms with Crippen LogP contribution in [0.5, 0.6) is 0 Å². The number of rotatable bonds is 4. The number of carbonyl (C=O) groups excluding carboxylic acids is 1. The van der Waals surface area contributed by atoms with Gasteiger partial charge in [0.25, 0.3) is 0 Å². The number of nitrogens with one attached hydrogen (secondary N) is 2. The van der Waals surface area contributed by atoms with Gasteiger partial charge in [-0.25, -0.2) is 0 Å². The molecule has 2 rings (SSSR count). The number of aryl methyl sites for hydroxylation is 1. The second kappa shape index (κ2) is 6.55. The Bertz CT molecular complexity index is 399. The summed E-state index contributed by atoms with van der Waals surface area (Å²) in [6.07, 6.45) is 2.92. The zero-order chi connectivity index (χ0) is 12.3. The molecule has 0 aromatic carbocycles. The molecule has 0 radical (unpaired) electrons. The van der Waals surface area contributed by atoms with Gasteiger partial charge >= 0.3 is 0 Å². The summed E-state index contributed by atoms with van der Waals surface area (Å²) in [5.74, 6) is 0.156. The van der Waals surface area contributed by atoms with Crippen LogP contribution in [0.25, 0.3) is 0 Å². The van der Waals surface area contributed by atoms with Crippen LogP contribution in [0.1, 0.15) is 35.9 Å². The summed E-state index contributed by atoms with van der Waals surface area (Å²) in [4.78, 5) is 14.7. The van der Waals surface area contributed by atoms with Crippen molar-refractivity contribution in [3.05, 3.63) is 21.9 Å². The van der Waals surface area contributed by atoms with Crippen LogP contribution < -0.4 is 10.6 Å². The molecular weight excluding hydrogens is 268 g/mol. The number of hydrogen-bond acceptors (Lipinski definition) is 3. The van der Waals surface area contributed by atoms with Crippen molar-refractivity contribution >= 4 is 29.7 Å². The lowest BCUT2D eigenvalue weighted by atomic mass is 9.93. The molecule has 3 nitrogen and oxygen atoms in total. The molecule has 2 N–H and O–H groups in total. The van der Waals surface area contributed by atoms with Gasteiger partial charge in [0.1, 0.15) is 0 Å². The molecule has 18 heavy (non-hydrogen) atoms. The van der Waals surface area contributed by atoms with E-state index in [0.717, 1.165) is 25.8 Å². The monoisotopic (exact) mass is 288 g/mol. The second-order valence-electron chi connectivity index (χ2n) is 4.66. The summed E-state index contributed by atoms with van der Waals surface area (Å²) in [6.45, 7) is 5.77. The molecule has 1 saturated heterocycles. The maximum absolute atomic E-state index is 12.2. The van der Waals surface area contributed by atoms with Crippen LogP contribution in [0.15, 0.2) is 12.1 Å². The Morgan fingerprint density at radius 3 is 2.83 bits per heavy atom. The Balaban J connectivity index is 0.00000162. The van der Waals surface area contributed by atoms with E-state index in [9.17, 15) is 4.79 Å². The highest BCUT2D eigenvalue weighted by Crippen LogP contribution is 2.23. The van der Waals surface area contributed by atoms with Crippen molar-refractivity contribution in [2.75, 3.05) is 6.54 Å². The lowest BCUT2D eigenvalue weighted by molar-refractivity contribution is -0.127. The van der Waals surface area contributed by atoms with Crippen LogP contribution in [0.3, 0.4) is 0 Å². The molecule has 1 aromatic rings. The molecule has 0 bridgehead atoms. The molecule has 0 spiro atoms. The van der Waals surface area contributed by atoms with Crippen molar-refractivity contribution in [3.8, 4) is 0 Å². The number of amides is 1. The molecule has 1 fully saturated rings. The molecule has 102 valence electrons. The number of hydrogen-bond donors (Lipinski definition) is 2. The summed E-state index contributed by atoms with van der Waals surface area (Å²) < 4.78 is 0. The molecule has 1 unspecified atom stereocenters. The topological polar surface area (TPSA) is 41.1 Å². The van der Waals surface area contributed by atoms with Gasteiger partial charge in [-0.15, -0.1) is 23.7 Å². The maximum atomic E-state index is 12.2. The van der Waals surface area contributed by atoms with E-state index in [-0.39, 0.29) is 23.9 Å². The van der Waals surface area contributed by atoms with E-state index in [1.807, 2.05) is 0 Å². The van der Waals surface area contributed by atoms with Crippen LogP contribution >= 0.6 is 23.7 Å². The number of carbonyl (C=O) groups is 1. The molecule has 0 aliphatic carbocycles. The van der Waals surface area contributed by atoms with Gasteiger partial charge in [0.2, 0.25) is 5.91 Å². The maximum Gasteiger partial charge on any atom is 0.240 e. The second-order valence-corrected chi connectivity index (χ2v) is 6.03. The summed E-state index contributed by atoms with van der Waals surface area (Å²) in [6, 6.07) is 4.18. The first-order valence-electron chi connectivity index (χ1n) is 6.25. The third-order valence-electron chi connectivity index (χ3n) is 3.50. The van der Waals surface area contributed by atoms with Gasteiger partial charge in [-0.05, 0) is 44.9 Å². The van der Waals surface area contributed by atoms with Crippen molar-refractivity contribution in [3.63, 3.8) is 0 Å². The number of halogens is 1. The van der Waals surface area contributed by atoms with E-state index in [1.54, 1.807) is 11.3 Å². The van der Waals surface area contributed by atoms with Gasteiger partial charge in [-0.3, -0.25) is 4.79 Å². The van der Waals surface area contributed by atoms with Crippen LogP contribution in [-0.4, -0.2) is 18.0 Å². The summed E-state index contributed by atoms with van der Waals surface area (Å²) in [5, 5.41) is 6.41. The minimum Gasteiger partial charge on any atom is -0.350 e. The molecule has 1 aromatic heterocycles. The van der Waals surface area contributed by atoms with Gasteiger partial charge in [0.05, 0.1) is 12.1 Å². The average Bonchev–Trinajstić information content (AvgIpc) is 2.95. The zero-order valence-corrected chi connectivity index (χ0v) is 12.5. The first-order chi connectivity index (χ1) is 8.16. The van der Waals surface area contributed by atoms with E-state index in [2.05, 4.69) is 36.6 Å². The van der Waals surface area contributed by atoms with Crippen LogP contribution in [0.4, 0.5) is 0 Å². The third kappa shape index (κ3) is 3.25. The van der Waals surface area contributed by atoms with Crippen molar-refractivity contribution in [1.82, 2.24) is 10.6 Å². The van der Waals surface area contributed by atoms with Crippen molar-refractivity contribution < 1.29 is 4.79 Å². The normalized spacial score (nSPS) is 22.6. The highest BCUT2D eigenvalue weighted by molar-refractivity contribution is 7.11. The minimum atomic E-state index is -0.313. The van der Waals surface area contributed by atoms with Crippen LogP contribution in [0.2, 0.25) is 0 Å². The quantitative estimate of drug-likeness (QED) is 0.894. The van der Waals surface area contributed by atoms with E-state index >= 15 is 0 Å². The van der Waals surface area contributed by atoms with Crippen molar-refractivity contribution in [2.45, 2.75) is 45.2 Å². The summed E-state index contributed by atoms with van der Waals surface area (Å²) >= 11 is 1.74. The average molecular weight is 289 g/mol. The summed E-state index contributed by atoms with van der Waals surface area (Å²) in [7, 11) is 0. The SMILES string of the molecule is CCC1(C(=O)NCc2ccc(C)s2)CCCN1.Cl. The fourth-order valence-electron chi connectivity index (χ4n) is 2.38. The van der Waals surface area contributed by atoms with Crippen LogP contribution in [0, 0.1) is 6.92 Å². The van der Waals surface area contributed by atoms with E-state index in [4.69, 9.17) is 0 Å². The van der Waals surface area contributed by atoms with E-state index < -0.39 is 0 Å². The molecule has 1 aliphatic heterocycles. The predicted molar refractivity (Wildman–Crippen MR) is 78.4 cm³/mol.